The molecule has 29 heavy (non-hydrogen) atoms. The molecule has 1 N–H and O–H groups in total. The molecule has 0 aliphatic heterocycles. The summed E-state index contributed by atoms with van der Waals surface area (Å²) >= 11 is 7.23. The molecule has 0 atom stereocenters. The van der Waals surface area contributed by atoms with Crippen LogP contribution in [0, 0.1) is 10.1 Å². The van der Waals surface area contributed by atoms with Crippen LogP contribution < -0.4 is 5.32 Å². The number of non-ortho nitro benzene ring substituents is 1. The van der Waals surface area contributed by atoms with Gasteiger partial charge in [0.25, 0.3) is 11.6 Å². The van der Waals surface area contributed by atoms with Crippen LogP contribution in [-0.4, -0.2) is 30.5 Å². The number of esters is 1. The Morgan fingerprint density at radius 3 is 2.52 bits per heavy atom. The van der Waals surface area contributed by atoms with Gasteiger partial charge in [-0.2, -0.15) is 0 Å². The number of methoxy groups -OCH3 is 1. The number of unbranched alkanes of at least 4 members (excludes halogenated alkanes) is 2. The maximum absolute atomic E-state index is 12.6. The molecule has 0 aliphatic carbocycles. The van der Waals surface area contributed by atoms with Crippen molar-refractivity contribution in [2.75, 3.05) is 13.7 Å². The number of nitrogens with one attached hydrogen (secondary N) is 1. The average molecular weight is 437 g/mol. The van der Waals surface area contributed by atoms with Gasteiger partial charge in [0.2, 0.25) is 0 Å². The van der Waals surface area contributed by atoms with Crippen LogP contribution >= 0.6 is 23.4 Å². The molecule has 0 unspecified atom stereocenters. The topological polar surface area (TPSA) is 98.5 Å². The minimum Gasteiger partial charge on any atom is -0.469 e. The summed E-state index contributed by atoms with van der Waals surface area (Å²) in [6.07, 6.45) is 2.47. The van der Waals surface area contributed by atoms with E-state index in [2.05, 4.69) is 10.1 Å². The lowest BCUT2D eigenvalue weighted by Crippen LogP contribution is -2.25. The van der Waals surface area contributed by atoms with Gasteiger partial charge >= 0.3 is 5.97 Å². The second-order valence-corrected chi connectivity index (χ2v) is 7.69. The van der Waals surface area contributed by atoms with Crippen LogP contribution in [0.4, 0.5) is 5.69 Å². The van der Waals surface area contributed by atoms with Gasteiger partial charge in [-0.3, -0.25) is 19.7 Å². The largest absolute Gasteiger partial charge is 0.469 e. The fourth-order valence-electron chi connectivity index (χ4n) is 2.50. The molecule has 0 aromatic heterocycles. The molecule has 9 heteroatoms. The molecule has 0 heterocycles. The molecule has 2 aromatic rings. The number of hydrogen-bond donors (Lipinski definition) is 1. The summed E-state index contributed by atoms with van der Waals surface area (Å²) in [6, 6.07) is 11.3. The number of carbonyl (C=O) groups excluding carboxylic acids is 2. The summed E-state index contributed by atoms with van der Waals surface area (Å²) < 4.78 is 4.58. The van der Waals surface area contributed by atoms with Gasteiger partial charge in [0.15, 0.2) is 0 Å². The Kier molecular flexibility index (Phi) is 8.95. The minimum absolute atomic E-state index is 0.145. The smallest absolute Gasteiger partial charge is 0.305 e. The van der Waals surface area contributed by atoms with Gasteiger partial charge in [-0.1, -0.05) is 29.8 Å². The number of halogens is 1. The van der Waals surface area contributed by atoms with Crippen LogP contribution in [0.5, 0.6) is 0 Å². The Morgan fingerprint density at radius 1 is 1.14 bits per heavy atom. The summed E-state index contributed by atoms with van der Waals surface area (Å²) in [7, 11) is 1.35. The zero-order valence-electron chi connectivity index (χ0n) is 15.9. The first-order valence-corrected chi connectivity index (χ1v) is 10.2. The van der Waals surface area contributed by atoms with Gasteiger partial charge in [0.05, 0.1) is 17.6 Å². The molecule has 2 aromatic carbocycles. The molecule has 154 valence electrons. The highest BCUT2D eigenvalue weighted by Crippen LogP contribution is 2.33. The van der Waals surface area contributed by atoms with E-state index in [0.29, 0.717) is 35.7 Å². The Morgan fingerprint density at radius 2 is 1.86 bits per heavy atom. The van der Waals surface area contributed by atoms with Crippen molar-refractivity contribution in [3.63, 3.8) is 0 Å². The first kappa shape index (κ1) is 22.7. The fourth-order valence-corrected chi connectivity index (χ4v) is 3.55. The number of carbonyl (C=O) groups is 2. The van der Waals surface area contributed by atoms with E-state index in [9.17, 15) is 19.7 Å². The molecular weight excluding hydrogens is 416 g/mol. The average Bonchev–Trinajstić information content (AvgIpc) is 2.71. The van der Waals surface area contributed by atoms with Crippen molar-refractivity contribution in [3.05, 3.63) is 63.2 Å². The zero-order chi connectivity index (χ0) is 21.2. The quantitative estimate of drug-likeness (QED) is 0.247. The van der Waals surface area contributed by atoms with E-state index in [1.165, 1.54) is 31.0 Å². The minimum atomic E-state index is -0.527. The van der Waals surface area contributed by atoms with E-state index in [1.54, 1.807) is 18.2 Å². The highest BCUT2D eigenvalue weighted by Gasteiger charge is 2.17. The second kappa shape index (κ2) is 11.4. The normalized spacial score (nSPS) is 10.4. The number of nitro groups is 1. The lowest BCUT2D eigenvalue weighted by molar-refractivity contribution is -0.384. The third-order valence-electron chi connectivity index (χ3n) is 4.03. The number of amides is 1. The predicted octanol–water partition coefficient (Wildman–Crippen LogP) is 4.86. The number of rotatable bonds is 10. The standard InChI is InChI=1S/C20H21ClN2O5S/c1-28-19(24)5-3-2-4-12-22-20(25)17-13-15(23(26)27)8-11-18(17)29-16-9-6-14(21)7-10-16/h6-11,13H,2-5,12H2,1H3,(H,22,25). The van der Waals surface area contributed by atoms with Crippen molar-refractivity contribution < 1.29 is 19.2 Å². The van der Waals surface area contributed by atoms with Crippen molar-refractivity contribution >= 4 is 40.9 Å². The van der Waals surface area contributed by atoms with Crippen LogP contribution in [0.1, 0.15) is 36.0 Å². The molecule has 7 nitrogen and oxygen atoms in total. The maximum atomic E-state index is 12.6. The highest BCUT2D eigenvalue weighted by molar-refractivity contribution is 7.99. The Labute approximate surface area is 177 Å². The Hall–Kier alpha value is -2.58. The first-order valence-electron chi connectivity index (χ1n) is 8.97. The molecule has 0 saturated heterocycles. The van der Waals surface area contributed by atoms with Crippen LogP contribution in [0.3, 0.4) is 0 Å². The number of ether oxygens (including phenoxy) is 1. The van der Waals surface area contributed by atoms with Gasteiger partial charge in [-0.15, -0.1) is 0 Å². The monoisotopic (exact) mass is 436 g/mol. The Bertz CT molecular complexity index is 874. The molecular formula is C20H21ClN2O5S. The van der Waals surface area contributed by atoms with Gasteiger partial charge < -0.3 is 10.1 Å². The number of benzene rings is 2. The highest BCUT2D eigenvalue weighted by atomic mass is 35.5. The van der Waals surface area contributed by atoms with Crippen molar-refractivity contribution in [2.24, 2.45) is 0 Å². The summed E-state index contributed by atoms with van der Waals surface area (Å²) in [5.74, 6) is -0.632. The zero-order valence-corrected chi connectivity index (χ0v) is 17.4. The van der Waals surface area contributed by atoms with Crippen molar-refractivity contribution in [1.82, 2.24) is 5.32 Å². The SMILES string of the molecule is COC(=O)CCCCCNC(=O)c1cc([N+](=O)[O-])ccc1Sc1ccc(Cl)cc1. The molecule has 0 spiro atoms. The molecule has 0 radical (unpaired) electrons. The van der Waals surface area contributed by atoms with E-state index in [0.717, 1.165) is 11.3 Å². The van der Waals surface area contributed by atoms with E-state index in [-0.39, 0.29) is 23.1 Å². The van der Waals surface area contributed by atoms with Crippen molar-refractivity contribution in [3.8, 4) is 0 Å². The fraction of sp³-hybridized carbons (Fsp3) is 0.300. The molecule has 0 aliphatic rings. The molecule has 0 saturated carbocycles. The molecule has 1 amide bonds. The summed E-state index contributed by atoms with van der Waals surface area (Å²) in [5.41, 5.74) is 0.0994. The van der Waals surface area contributed by atoms with Crippen LogP contribution in [0.2, 0.25) is 5.02 Å². The summed E-state index contributed by atoms with van der Waals surface area (Å²) in [6.45, 7) is 0.410. The lowest BCUT2D eigenvalue weighted by atomic mass is 10.1. The number of nitro benzene ring substituents is 1. The van der Waals surface area contributed by atoms with E-state index in [1.807, 2.05) is 12.1 Å². The van der Waals surface area contributed by atoms with Crippen LogP contribution in [0.25, 0.3) is 0 Å². The third-order valence-corrected chi connectivity index (χ3v) is 5.37. The van der Waals surface area contributed by atoms with Crippen molar-refractivity contribution in [2.45, 2.75) is 35.5 Å². The maximum Gasteiger partial charge on any atom is 0.305 e. The molecule has 0 fully saturated rings. The molecule has 0 bridgehead atoms. The third kappa shape index (κ3) is 7.40. The van der Waals surface area contributed by atoms with Gasteiger partial charge in [0, 0.05) is 39.9 Å². The van der Waals surface area contributed by atoms with Gasteiger partial charge in [0.1, 0.15) is 0 Å². The Balaban J connectivity index is 2.02. The molecule has 2 rings (SSSR count). The van der Waals surface area contributed by atoms with Crippen LogP contribution in [0.15, 0.2) is 52.3 Å². The predicted molar refractivity (Wildman–Crippen MR) is 111 cm³/mol. The van der Waals surface area contributed by atoms with Crippen LogP contribution in [-0.2, 0) is 9.53 Å². The van der Waals surface area contributed by atoms with E-state index < -0.39 is 4.92 Å². The lowest BCUT2D eigenvalue weighted by Gasteiger charge is -2.10. The number of hydrogen-bond acceptors (Lipinski definition) is 6. The second-order valence-electron chi connectivity index (χ2n) is 6.14. The van der Waals surface area contributed by atoms with E-state index in [4.69, 9.17) is 11.6 Å². The summed E-state index contributed by atoms with van der Waals surface area (Å²) in [5, 5.41) is 14.5. The summed E-state index contributed by atoms with van der Waals surface area (Å²) in [4.78, 5) is 35.8. The first-order chi connectivity index (χ1) is 13.9. The van der Waals surface area contributed by atoms with Gasteiger partial charge in [-0.05, 0) is 43.2 Å². The van der Waals surface area contributed by atoms with E-state index >= 15 is 0 Å². The number of nitrogens with zero attached hydrogens (tertiary/aromatic N) is 1. The van der Waals surface area contributed by atoms with Gasteiger partial charge in [-0.25, -0.2) is 0 Å². The van der Waals surface area contributed by atoms with Crippen molar-refractivity contribution in [1.29, 1.82) is 0 Å².